The minimum atomic E-state index is 0.207. The van der Waals surface area contributed by atoms with Crippen molar-refractivity contribution in [3.63, 3.8) is 0 Å². The quantitative estimate of drug-likeness (QED) is 0.167. The van der Waals surface area contributed by atoms with Gasteiger partial charge in [0.2, 0.25) is 0 Å². The number of hydrogen-bond acceptors (Lipinski definition) is 2. The first-order chi connectivity index (χ1) is 30.4. The van der Waals surface area contributed by atoms with Crippen molar-refractivity contribution < 1.29 is 0 Å². The number of para-hydroxylation sites is 3. The Labute approximate surface area is 360 Å². The minimum absolute atomic E-state index is 0.207. The summed E-state index contributed by atoms with van der Waals surface area (Å²) < 4.78 is 5.10. The highest BCUT2D eigenvalue weighted by atomic mass is 15.2. The van der Waals surface area contributed by atoms with Crippen molar-refractivity contribution in [3.8, 4) is 0 Å². The van der Waals surface area contributed by atoms with Crippen LogP contribution in [-0.2, 0) is 0 Å². The third-order valence-corrected chi connectivity index (χ3v) is 13.8. The highest BCUT2D eigenvalue weighted by Gasteiger charge is 2.28. The fourth-order valence-electron chi connectivity index (χ4n) is 11.3. The minimum Gasteiger partial charge on any atom is -0.333 e. The molecule has 1 unspecified atom stereocenters. The van der Waals surface area contributed by atoms with Crippen LogP contribution in [0.15, 0.2) is 176 Å². The predicted molar refractivity (Wildman–Crippen MR) is 265 cm³/mol. The number of hydrogen-bond donors (Lipinski definition) is 0. The maximum Gasteiger partial charge on any atom is 0.0621 e. The lowest BCUT2D eigenvalue weighted by Gasteiger charge is -2.34. The molecule has 1 aliphatic rings. The van der Waals surface area contributed by atoms with Gasteiger partial charge >= 0.3 is 0 Å². The zero-order valence-corrected chi connectivity index (χ0v) is 35.3. The molecule has 0 saturated carbocycles. The van der Waals surface area contributed by atoms with Crippen LogP contribution in [0.2, 0.25) is 0 Å². The van der Waals surface area contributed by atoms with Crippen LogP contribution < -0.4 is 9.80 Å². The van der Waals surface area contributed by atoms with Crippen LogP contribution in [0, 0.1) is 27.7 Å². The molecule has 62 heavy (non-hydrogen) atoms. The lowest BCUT2D eigenvalue weighted by molar-refractivity contribution is 0.785. The molecule has 0 amide bonds. The van der Waals surface area contributed by atoms with E-state index in [1.165, 1.54) is 121 Å². The number of nitrogens with zero attached hydrogens (tertiary/aromatic N) is 4. The molecular weight excluding hydrogens is 753 g/mol. The predicted octanol–water partition coefficient (Wildman–Crippen LogP) is 15.7. The molecule has 8 aromatic carbocycles. The number of fused-ring (bicyclic) bond motifs is 12. The van der Waals surface area contributed by atoms with Crippen molar-refractivity contribution in [2.45, 2.75) is 40.2 Å². The zero-order chi connectivity index (χ0) is 41.4. The molecule has 0 aliphatic heterocycles. The van der Waals surface area contributed by atoms with Gasteiger partial charge in [-0.05, 0) is 106 Å². The van der Waals surface area contributed by atoms with E-state index < -0.39 is 0 Å². The smallest absolute Gasteiger partial charge is 0.0621 e. The van der Waals surface area contributed by atoms with Crippen LogP contribution in [0.4, 0.5) is 28.4 Å². The van der Waals surface area contributed by atoms with E-state index in [-0.39, 0.29) is 6.04 Å². The summed E-state index contributed by atoms with van der Waals surface area (Å²) in [5, 5.41) is 10.3. The average molecular weight is 797 g/mol. The van der Waals surface area contributed by atoms with Crippen LogP contribution in [0.3, 0.4) is 0 Å². The van der Waals surface area contributed by atoms with Gasteiger partial charge < -0.3 is 18.6 Å². The van der Waals surface area contributed by atoms with E-state index in [2.05, 4.69) is 222 Å². The monoisotopic (exact) mass is 796 g/mol. The van der Waals surface area contributed by atoms with Crippen LogP contribution in [0.25, 0.3) is 76.2 Å². The molecule has 12 aromatic rings. The van der Waals surface area contributed by atoms with Gasteiger partial charge in [0.25, 0.3) is 0 Å². The fourth-order valence-corrected chi connectivity index (χ4v) is 11.3. The summed E-state index contributed by atoms with van der Waals surface area (Å²) in [4.78, 5) is 5.04. The SMILES string of the molecule is Cc1ccc(N(c2ccccc2)c2cccc3c2c2cccc4c5cc6c(cc5n3c42)c2cccc3c4c(N(c5ccc(C)cc5C)C5C=CC=CC5)cccc4n6c23)c(C)c1. The van der Waals surface area contributed by atoms with Crippen molar-refractivity contribution >= 4 is 105 Å². The highest BCUT2D eigenvalue weighted by Crippen LogP contribution is 2.50. The normalized spacial score (nSPS) is 14.4. The Morgan fingerprint density at radius 3 is 1.56 bits per heavy atom. The zero-order valence-electron chi connectivity index (χ0n) is 35.3. The second-order valence-corrected chi connectivity index (χ2v) is 17.5. The Morgan fingerprint density at radius 1 is 0.435 bits per heavy atom. The van der Waals surface area contributed by atoms with E-state index in [9.17, 15) is 0 Å². The van der Waals surface area contributed by atoms with Crippen molar-refractivity contribution in [2.75, 3.05) is 9.80 Å². The summed E-state index contributed by atoms with van der Waals surface area (Å²) in [5.41, 5.74) is 18.6. The van der Waals surface area contributed by atoms with Gasteiger partial charge in [0.05, 0.1) is 50.5 Å². The third-order valence-electron chi connectivity index (χ3n) is 13.8. The van der Waals surface area contributed by atoms with Gasteiger partial charge in [0, 0.05) is 60.2 Å². The highest BCUT2D eigenvalue weighted by molar-refractivity contribution is 6.31. The molecule has 1 aliphatic carbocycles. The van der Waals surface area contributed by atoms with Crippen LogP contribution in [0.5, 0.6) is 0 Å². The van der Waals surface area contributed by atoms with Crippen molar-refractivity contribution in [2.24, 2.45) is 0 Å². The summed E-state index contributed by atoms with van der Waals surface area (Å²) in [6, 6.07) is 57.3. The Morgan fingerprint density at radius 2 is 0.984 bits per heavy atom. The summed E-state index contributed by atoms with van der Waals surface area (Å²) in [6.07, 6.45) is 9.99. The summed E-state index contributed by atoms with van der Waals surface area (Å²) >= 11 is 0. The first-order valence-corrected chi connectivity index (χ1v) is 21.9. The molecule has 4 nitrogen and oxygen atoms in total. The molecule has 1 atom stereocenters. The van der Waals surface area contributed by atoms with E-state index in [4.69, 9.17) is 0 Å². The van der Waals surface area contributed by atoms with Gasteiger partial charge in [-0.15, -0.1) is 0 Å². The molecule has 0 spiro atoms. The molecule has 4 heteroatoms. The van der Waals surface area contributed by atoms with Crippen LogP contribution >= 0.6 is 0 Å². The Kier molecular flexibility index (Phi) is 7.37. The average Bonchev–Trinajstić information content (AvgIpc) is 4.02. The van der Waals surface area contributed by atoms with Crippen molar-refractivity contribution in [1.29, 1.82) is 0 Å². The Balaban J connectivity index is 1.09. The second kappa shape index (κ2) is 13.0. The van der Waals surface area contributed by atoms with Crippen LogP contribution in [0.1, 0.15) is 28.7 Å². The Bertz CT molecular complexity index is 3840. The van der Waals surface area contributed by atoms with E-state index in [0.29, 0.717) is 0 Å². The molecule has 0 N–H and O–H groups in total. The van der Waals surface area contributed by atoms with Gasteiger partial charge in [-0.25, -0.2) is 0 Å². The molecular formula is C58H44N4. The maximum absolute atomic E-state index is 2.59. The molecule has 0 fully saturated rings. The molecule has 4 heterocycles. The molecule has 13 rings (SSSR count). The maximum atomic E-state index is 2.59. The van der Waals surface area contributed by atoms with E-state index >= 15 is 0 Å². The van der Waals surface area contributed by atoms with Gasteiger partial charge in [-0.1, -0.05) is 126 Å². The fraction of sp³-hybridized carbons (Fsp3) is 0.103. The summed E-state index contributed by atoms with van der Waals surface area (Å²) in [5.74, 6) is 0. The van der Waals surface area contributed by atoms with Crippen molar-refractivity contribution in [3.05, 3.63) is 198 Å². The lowest BCUT2D eigenvalue weighted by Crippen LogP contribution is -2.30. The lowest BCUT2D eigenvalue weighted by atomic mass is 10.00. The second-order valence-electron chi connectivity index (χ2n) is 17.5. The van der Waals surface area contributed by atoms with Gasteiger partial charge in [0.1, 0.15) is 0 Å². The van der Waals surface area contributed by atoms with E-state index in [0.717, 1.165) is 12.1 Å². The van der Waals surface area contributed by atoms with E-state index in [1.54, 1.807) is 0 Å². The standard InChI is InChI=1S/C58H44N4/c1-35-27-29-47(37(3)31-35)59(39-15-7-5-8-16-39)49-23-13-25-51-55(49)43-21-11-19-41-45-34-54-46(33-53(45)61(51)57(41)43)42-20-12-22-44-56-50(24-14-26-52(56)62(54)58(42)44)60(40-17-9-6-10-18-40)48-30-28-36(2)32-38(48)4/h5-17,19-34,40H,18H2,1-4H3. The first-order valence-electron chi connectivity index (χ1n) is 21.9. The number of allylic oxidation sites excluding steroid dienone is 2. The molecule has 0 saturated heterocycles. The first kappa shape index (κ1) is 35.2. The summed E-state index contributed by atoms with van der Waals surface area (Å²) in [7, 11) is 0. The van der Waals surface area contributed by atoms with E-state index in [1.807, 2.05) is 0 Å². The number of rotatable bonds is 6. The third kappa shape index (κ3) is 4.78. The molecule has 0 bridgehead atoms. The molecule has 0 radical (unpaired) electrons. The summed E-state index contributed by atoms with van der Waals surface area (Å²) in [6.45, 7) is 8.84. The van der Waals surface area contributed by atoms with Gasteiger partial charge in [-0.3, -0.25) is 0 Å². The number of aryl methyl sites for hydroxylation is 4. The number of aromatic nitrogens is 2. The number of benzene rings is 8. The van der Waals surface area contributed by atoms with Crippen molar-refractivity contribution in [1.82, 2.24) is 8.80 Å². The molecule has 296 valence electrons. The molecule has 4 aromatic heterocycles. The largest absolute Gasteiger partial charge is 0.333 e. The number of anilines is 5. The Hall–Kier alpha value is -7.56. The van der Waals surface area contributed by atoms with Gasteiger partial charge in [-0.2, -0.15) is 0 Å². The van der Waals surface area contributed by atoms with Crippen LogP contribution in [-0.4, -0.2) is 14.8 Å². The van der Waals surface area contributed by atoms with Gasteiger partial charge in [0.15, 0.2) is 0 Å². The topological polar surface area (TPSA) is 15.3 Å².